The number of hydrogen-bond acceptors (Lipinski definition) is 3. The highest BCUT2D eigenvalue weighted by molar-refractivity contribution is 6.05. The number of rotatable bonds is 6. The number of unbranched alkanes of at least 4 members (excludes halogenated alkanes) is 2. The van der Waals surface area contributed by atoms with Gasteiger partial charge in [0.1, 0.15) is 5.41 Å². The summed E-state index contributed by atoms with van der Waals surface area (Å²) in [6.07, 6.45) is 3.15. The van der Waals surface area contributed by atoms with E-state index in [0.29, 0.717) is 6.54 Å². The zero-order valence-electron chi connectivity index (χ0n) is 9.71. The van der Waals surface area contributed by atoms with Crippen LogP contribution in [-0.4, -0.2) is 23.5 Å². The molecule has 0 aliphatic carbocycles. The Bertz CT molecular complexity index is 237. The van der Waals surface area contributed by atoms with Crippen LogP contribution in [0.15, 0.2) is 5.16 Å². The Kier molecular flexibility index (Phi) is 5.74. The van der Waals surface area contributed by atoms with Crippen LogP contribution in [0.4, 0.5) is 0 Å². The molecule has 0 saturated carbocycles. The molecule has 0 bridgehead atoms. The predicted octanol–water partition coefficient (Wildman–Crippen LogP) is 1.07. The smallest absolute Gasteiger partial charge is 0.233 e. The van der Waals surface area contributed by atoms with Gasteiger partial charge >= 0.3 is 0 Å². The third kappa shape index (κ3) is 4.18. The van der Waals surface area contributed by atoms with Gasteiger partial charge in [-0.25, -0.2) is 0 Å². The van der Waals surface area contributed by atoms with E-state index in [-0.39, 0.29) is 11.7 Å². The topological polar surface area (TPSA) is 87.7 Å². The molecule has 5 nitrogen and oxygen atoms in total. The lowest BCUT2D eigenvalue weighted by Gasteiger charge is -2.21. The van der Waals surface area contributed by atoms with Crippen LogP contribution in [0.25, 0.3) is 0 Å². The molecule has 0 rings (SSSR count). The minimum absolute atomic E-state index is 0.0736. The molecule has 0 aromatic heterocycles. The van der Waals surface area contributed by atoms with Crippen molar-refractivity contribution in [2.24, 2.45) is 16.3 Å². The summed E-state index contributed by atoms with van der Waals surface area (Å²) in [5, 5.41) is 14.1. The number of amides is 1. The lowest BCUT2D eigenvalue weighted by Crippen LogP contribution is -2.46. The van der Waals surface area contributed by atoms with Crippen LogP contribution in [0, 0.1) is 5.41 Å². The Morgan fingerprint density at radius 1 is 1.47 bits per heavy atom. The van der Waals surface area contributed by atoms with Gasteiger partial charge in [-0.15, -0.1) is 0 Å². The Balaban J connectivity index is 4.09. The van der Waals surface area contributed by atoms with Gasteiger partial charge in [-0.1, -0.05) is 24.9 Å². The molecule has 0 aliphatic rings. The van der Waals surface area contributed by atoms with Gasteiger partial charge in [0.05, 0.1) is 0 Å². The number of nitrogens with one attached hydrogen (secondary N) is 1. The standard InChI is InChI=1S/C10H21N3O2/c1-4-5-6-7-12-9(14)10(2,3)8(11)13-15/h15H,4-7H2,1-3H3,(H2,11,13)(H,12,14). The first-order chi connectivity index (χ1) is 6.96. The van der Waals surface area contributed by atoms with Crippen molar-refractivity contribution in [1.82, 2.24) is 5.32 Å². The zero-order chi connectivity index (χ0) is 11.9. The summed E-state index contributed by atoms with van der Waals surface area (Å²) in [7, 11) is 0. The van der Waals surface area contributed by atoms with E-state index >= 15 is 0 Å². The van der Waals surface area contributed by atoms with Crippen LogP contribution in [-0.2, 0) is 4.79 Å². The predicted molar refractivity (Wildman–Crippen MR) is 59.7 cm³/mol. The van der Waals surface area contributed by atoms with E-state index < -0.39 is 5.41 Å². The average Bonchev–Trinajstić information content (AvgIpc) is 2.22. The van der Waals surface area contributed by atoms with Gasteiger partial charge in [-0.2, -0.15) is 0 Å². The Hall–Kier alpha value is -1.26. The molecule has 0 aromatic carbocycles. The number of oxime groups is 1. The Labute approximate surface area is 90.7 Å². The Morgan fingerprint density at radius 3 is 2.53 bits per heavy atom. The summed E-state index contributed by atoms with van der Waals surface area (Å²) in [6.45, 7) is 5.98. The molecule has 0 aromatic rings. The van der Waals surface area contributed by atoms with Gasteiger partial charge in [-0.05, 0) is 20.3 Å². The van der Waals surface area contributed by atoms with E-state index in [1.165, 1.54) is 0 Å². The third-order valence-electron chi connectivity index (χ3n) is 2.38. The minimum atomic E-state index is -0.957. The zero-order valence-corrected chi connectivity index (χ0v) is 9.71. The van der Waals surface area contributed by atoms with Gasteiger partial charge in [0, 0.05) is 6.54 Å². The molecule has 4 N–H and O–H groups in total. The van der Waals surface area contributed by atoms with E-state index in [9.17, 15) is 4.79 Å². The van der Waals surface area contributed by atoms with Crippen LogP contribution in [0.3, 0.4) is 0 Å². The lowest BCUT2D eigenvalue weighted by atomic mass is 9.91. The molecule has 0 saturated heterocycles. The summed E-state index contributed by atoms with van der Waals surface area (Å²) in [5.41, 5.74) is 4.46. The second kappa shape index (κ2) is 6.27. The summed E-state index contributed by atoms with van der Waals surface area (Å²) in [4.78, 5) is 11.6. The van der Waals surface area contributed by atoms with E-state index in [0.717, 1.165) is 19.3 Å². The second-order valence-electron chi connectivity index (χ2n) is 4.07. The maximum Gasteiger partial charge on any atom is 0.233 e. The molecule has 88 valence electrons. The summed E-state index contributed by atoms with van der Waals surface area (Å²) < 4.78 is 0. The normalized spacial score (nSPS) is 12.6. The lowest BCUT2D eigenvalue weighted by molar-refractivity contribution is -0.126. The molecule has 0 heterocycles. The molecule has 0 spiro atoms. The number of carbonyl (C=O) groups is 1. The molecule has 5 heteroatoms. The van der Waals surface area contributed by atoms with Crippen molar-refractivity contribution in [3.63, 3.8) is 0 Å². The highest BCUT2D eigenvalue weighted by Gasteiger charge is 2.32. The van der Waals surface area contributed by atoms with Crippen molar-refractivity contribution < 1.29 is 10.0 Å². The molecule has 0 fully saturated rings. The van der Waals surface area contributed by atoms with Gasteiger partial charge in [0.25, 0.3) is 0 Å². The maximum atomic E-state index is 11.6. The molecule has 0 radical (unpaired) electrons. The number of nitrogens with two attached hydrogens (primary N) is 1. The van der Waals surface area contributed by atoms with Crippen LogP contribution in [0.5, 0.6) is 0 Å². The molecule has 0 atom stereocenters. The SMILES string of the molecule is CCCCCNC(=O)C(C)(C)C(N)=NO. The van der Waals surface area contributed by atoms with Gasteiger partial charge < -0.3 is 16.3 Å². The van der Waals surface area contributed by atoms with Crippen molar-refractivity contribution in [3.05, 3.63) is 0 Å². The van der Waals surface area contributed by atoms with E-state index in [4.69, 9.17) is 10.9 Å². The first-order valence-electron chi connectivity index (χ1n) is 5.23. The average molecular weight is 215 g/mol. The van der Waals surface area contributed by atoms with Crippen molar-refractivity contribution in [3.8, 4) is 0 Å². The second-order valence-corrected chi connectivity index (χ2v) is 4.07. The fourth-order valence-electron chi connectivity index (χ4n) is 1.04. The van der Waals surface area contributed by atoms with Crippen LogP contribution < -0.4 is 11.1 Å². The van der Waals surface area contributed by atoms with Gasteiger partial charge in [0.2, 0.25) is 5.91 Å². The van der Waals surface area contributed by atoms with Crippen LogP contribution >= 0.6 is 0 Å². The number of amidine groups is 1. The summed E-state index contributed by atoms with van der Waals surface area (Å²) in [5.74, 6) is -0.288. The van der Waals surface area contributed by atoms with E-state index in [1.54, 1.807) is 13.8 Å². The number of carbonyl (C=O) groups excluding carboxylic acids is 1. The quantitative estimate of drug-likeness (QED) is 0.203. The van der Waals surface area contributed by atoms with Gasteiger partial charge in [0.15, 0.2) is 5.84 Å². The fourth-order valence-corrected chi connectivity index (χ4v) is 1.04. The molecular weight excluding hydrogens is 194 g/mol. The molecule has 0 unspecified atom stereocenters. The van der Waals surface area contributed by atoms with Crippen molar-refractivity contribution in [1.29, 1.82) is 0 Å². The van der Waals surface area contributed by atoms with Gasteiger partial charge in [-0.3, -0.25) is 4.79 Å². The fraction of sp³-hybridized carbons (Fsp3) is 0.800. The van der Waals surface area contributed by atoms with Crippen LogP contribution in [0.1, 0.15) is 40.0 Å². The first kappa shape index (κ1) is 13.7. The number of hydrogen-bond donors (Lipinski definition) is 3. The van der Waals surface area contributed by atoms with E-state index in [1.807, 2.05) is 0 Å². The minimum Gasteiger partial charge on any atom is -0.409 e. The molecular formula is C10H21N3O2. The highest BCUT2D eigenvalue weighted by Crippen LogP contribution is 2.14. The molecule has 0 aliphatic heterocycles. The number of nitrogens with zero attached hydrogens (tertiary/aromatic N) is 1. The van der Waals surface area contributed by atoms with Crippen molar-refractivity contribution in [2.45, 2.75) is 40.0 Å². The Morgan fingerprint density at radius 2 is 2.07 bits per heavy atom. The highest BCUT2D eigenvalue weighted by atomic mass is 16.4. The summed E-state index contributed by atoms with van der Waals surface area (Å²) in [6, 6.07) is 0. The maximum absolute atomic E-state index is 11.6. The van der Waals surface area contributed by atoms with Crippen molar-refractivity contribution >= 4 is 11.7 Å². The van der Waals surface area contributed by atoms with Crippen LogP contribution in [0.2, 0.25) is 0 Å². The third-order valence-corrected chi connectivity index (χ3v) is 2.38. The molecule has 1 amide bonds. The monoisotopic (exact) mass is 215 g/mol. The largest absolute Gasteiger partial charge is 0.409 e. The molecule has 15 heavy (non-hydrogen) atoms. The summed E-state index contributed by atoms with van der Waals surface area (Å²) >= 11 is 0. The first-order valence-corrected chi connectivity index (χ1v) is 5.23. The van der Waals surface area contributed by atoms with E-state index in [2.05, 4.69) is 17.4 Å². The van der Waals surface area contributed by atoms with Crippen molar-refractivity contribution in [2.75, 3.05) is 6.54 Å².